The van der Waals surface area contributed by atoms with Gasteiger partial charge in [0.2, 0.25) is 5.91 Å². The first-order chi connectivity index (χ1) is 11.5. The zero-order chi connectivity index (χ0) is 17.5. The molecule has 0 spiro atoms. The van der Waals surface area contributed by atoms with E-state index in [-0.39, 0.29) is 18.0 Å². The van der Waals surface area contributed by atoms with Gasteiger partial charge in [-0.15, -0.1) is 0 Å². The summed E-state index contributed by atoms with van der Waals surface area (Å²) >= 11 is 6.17. The van der Waals surface area contributed by atoms with E-state index in [2.05, 4.69) is 16.0 Å². The molecule has 6 heteroatoms. The molecule has 0 bridgehead atoms. The Hall–Kier alpha value is -1.59. The Balaban J connectivity index is 1.81. The molecular formula is C18H26ClN3O2. The molecule has 0 aromatic heterocycles. The molecule has 0 saturated heterocycles. The zero-order valence-electron chi connectivity index (χ0n) is 14.3. The highest BCUT2D eigenvalue weighted by Gasteiger charge is 2.21. The number of amides is 3. The first-order valence-corrected chi connectivity index (χ1v) is 8.97. The van der Waals surface area contributed by atoms with E-state index in [1.807, 2.05) is 31.2 Å². The van der Waals surface area contributed by atoms with E-state index in [0.29, 0.717) is 5.02 Å². The largest absolute Gasteiger partial charge is 0.335 e. The third kappa shape index (κ3) is 5.49. The second-order valence-corrected chi connectivity index (χ2v) is 6.84. The van der Waals surface area contributed by atoms with Gasteiger partial charge in [0.05, 0.1) is 6.04 Å². The predicted octanol–water partition coefficient (Wildman–Crippen LogP) is 3.54. The molecule has 0 radical (unpaired) electrons. The van der Waals surface area contributed by atoms with Gasteiger partial charge in [-0.1, -0.05) is 49.1 Å². The normalized spacial score (nSPS) is 17.8. The summed E-state index contributed by atoms with van der Waals surface area (Å²) in [5, 5.41) is 9.12. The van der Waals surface area contributed by atoms with Gasteiger partial charge in [-0.05, 0) is 38.3 Å². The molecule has 1 aromatic rings. The standard InChI is InChI=1S/C18H26ClN3O2/c1-12(15-10-6-7-11-16(15)19)20-13(2)17(23)22-18(24)21-14-8-4-3-5-9-14/h6-7,10-14,20H,3-5,8-9H2,1-2H3,(H2,21,22,23,24)/t12-,13-/m0/s1. The summed E-state index contributed by atoms with van der Waals surface area (Å²) in [7, 11) is 0. The van der Waals surface area contributed by atoms with Gasteiger partial charge in [0, 0.05) is 17.1 Å². The van der Waals surface area contributed by atoms with Crippen LogP contribution in [-0.2, 0) is 4.79 Å². The van der Waals surface area contributed by atoms with Gasteiger partial charge in [-0.3, -0.25) is 15.4 Å². The minimum Gasteiger partial charge on any atom is -0.335 e. The number of hydrogen-bond acceptors (Lipinski definition) is 3. The van der Waals surface area contributed by atoms with Gasteiger partial charge in [0.15, 0.2) is 0 Å². The van der Waals surface area contributed by atoms with Crippen molar-refractivity contribution in [2.24, 2.45) is 0 Å². The third-order valence-electron chi connectivity index (χ3n) is 4.44. The van der Waals surface area contributed by atoms with Gasteiger partial charge < -0.3 is 5.32 Å². The fourth-order valence-electron chi connectivity index (χ4n) is 3.06. The van der Waals surface area contributed by atoms with E-state index in [4.69, 9.17) is 11.6 Å². The number of benzene rings is 1. The maximum atomic E-state index is 12.2. The summed E-state index contributed by atoms with van der Waals surface area (Å²) in [6.07, 6.45) is 5.45. The number of urea groups is 1. The number of halogens is 1. The van der Waals surface area contributed by atoms with Crippen LogP contribution in [0, 0.1) is 0 Å². The number of nitrogens with one attached hydrogen (secondary N) is 3. The number of carbonyl (C=O) groups is 2. The van der Waals surface area contributed by atoms with Crippen molar-refractivity contribution in [2.75, 3.05) is 0 Å². The number of imide groups is 1. The van der Waals surface area contributed by atoms with Crippen molar-refractivity contribution >= 4 is 23.5 Å². The van der Waals surface area contributed by atoms with Crippen LogP contribution in [-0.4, -0.2) is 24.0 Å². The summed E-state index contributed by atoms with van der Waals surface area (Å²) in [5.74, 6) is -0.345. The average Bonchev–Trinajstić information content (AvgIpc) is 2.55. The molecule has 0 heterocycles. The van der Waals surface area contributed by atoms with E-state index in [0.717, 1.165) is 31.2 Å². The summed E-state index contributed by atoms with van der Waals surface area (Å²) in [5.41, 5.74) is 0.922. The molecule has 1 aliphatic carbocycles. The number of rotatable bonds is 5. The van der Waals surface area contributed by atoms with Crippen LogP contribution >= 0.6 is 11.6 Å². The first-order valence-electron chi connectivity index (χ1n) is 8.59. The second-order valence-electron chi connectivity index (χ2n) is 6.43. The number of carbonyl (C=O) groups excluding carboxylic acids is 2. The zero-order valence-corrected chi connectivity index (χ0v) is 15.0. The van der Waals surface area contributed by atoms with Crippen molar-refractivity contribution in [2.45, 2.75) is 64.1 Å². The monoisotopic (exact) mass is 351 g/mol. The maximum absolute atomic E-state index is 12.2. The van der Waals surface area contributed by atoms with Crippen LogP contribution in [0.1, 0.15) is 57.6 Å². The molecule has 1 aliphatic rings. The molecule has 132 valence electrons. The van der Waals surface area contributed by atoms with E-state index >= 15 is 0 Å². The highest BCUT2D eigenvalue weighted by molar-refractivity contribution is 6.31. The van der Waals surface area contributed by atoms with Crippen LogP contribution in [0.2, 0.25) is 5.02 Å². The maximum Gasteiger partial charge on any atom is 0.321 e. The summed E-state index contributed by atoms with van der Waals surface area (Å²) in [4.78, 5) is 24.1. The average molecular weight is 352 g/mol. The van der Waals surface area contributed by atoms with Gasteiger partial charge >= 0.3 is 6.03 Å². The van der Waals surface area contributed by atoms with Crippen LogP contribution in [0.3, 0.4) is 0 Å². The second kappa shape index (κ2) is 9.04. The minimum atomic E-state index is -0.506. The van der Waals surface area contributed by atoms with Crippen molar-refractivity contribution in [3.63, 3.8) is 0 Å². The molecule has 1 aromatic carbocycles. The highest BCUT2D eigenvalue weighted by atomic mass is 35.5. The van der Waals surface area contributed by atoms with E-state index < -0.39 is 12.1 Å². The molecule has 0 aliphatic heterocycles. The molecule has 5 nitrogen and oxygen atoms in total. The fraction of sp³-hybridized carbons (Fsp3) is 0.556. The van der Waals surface area contributed by atoms with Crippen molar-refractivity contribution in [1.29, 1.82) is 0 Å². The summed E-state index contributed by atoms with van der Waals surface area (Å²) in [6, 6.07) is 6.67. The Bertz CT molecular complexity index is 573. The van der Waals surface area contributed by atoms with Crippen molar-refractivity contribution in [3.8, 4) is 0 Å². The smallest absolute Gasteiger partial charge is 0.321 e. The Morgan fingerprint density at radius 1 is 1.12 bits per heavy atom. The molecule has 2 rings (SSSR count). The SMILES string of the molecule is C[C@H](N[C@@H](C)c1ccccc1Cl)C(=O)NC(=O)NC1CCCCC1. The van der Waals surface area contributed by atoms with Crippen LogP contribution in [0.4, 0.5) is 4.79 Å². The van der Waals surface area contributed by atoms with Crippen LogP contribution in [0.5, 0.6) is 0 Å². The van der Waals surface area contributed by atoms with Crippen molar-refractivity contribution in [1.82, 2.24) is 16.0 Å². The van der Waals surface area contributed by atoms with Gasteiger partial charge in [-0.2, -0.15) is 0 Å². The molecular weight excluding hydrogens is 326 g/mol. The molecule has 1 fully saturated rings. The highest BCUT2D eigenvalue weighted by Crippen LogP contribution is 2.22. The molecule has 2 atom stereocenters. The minimum absolute atomic E-state index is 0.0964. The van der Waals surface area contributed by atoms with Crippen molar-refractivity contribution in [3.05, 3.63) is 34.9 Å². The third-order valence-corrected chi connectivity index (χ3v) is 4.79. The Kier molecular flexibility index (Phi) is 7.06. The van der Waals surface area contributed by atoms with Crippen LogP contribution in [0.25, 0.3) is 0 Å². The molecule has 0 unspecified atom stereocenters. The lowest BCUT2D eigenvalue weighted by Crippen LogP contribution is -2.50. The molecule has 3 N–H and O–H groups in total. The molecule has 1 saturated carbocycles. The summed E-state index contributed by atoms with van der Waals surface area (Å²) < 4.78 is 0. The lowest BCUT2D eigenvalue weighted by atomic mass is 9.96. The van der Waals surface area contributed by atoms with E-state index in [1.54, 1.807) is 6.92 Å². The Labute approximate surface area is 148 Å². The first kappa shape index (κ1) is 18.7. The number of hydrogen-bond donors (Lipinski definition) is 3. The summed E-state index contributed by atoms with van der Waals surface area (Å²) in [6.45, 7) is 3.67. The van der Waals surface area contributed by atoms with Crippen molar-refractivity contribution < 1.29 is 9.59 Å². The lowest BCUT2D eigenvalue weighted by molar-refractivity contribution is -0.121. The van der Waals surface area contributed by atoms with Crippen LogP contribution < -0.4 is 16.0 Å². The molecule has 3 amide bonds. The van der Waals surface area contributed by atoms with E-state index in [9.17, 15) is 9.59 Å². The fourth-order valence-corrected chi connectivity index (χ4v) is 3.35. The van der Waals surface area contributed by atoms with Gasteiger partial charge in [0.1, 0.15) is 0 Å². The lowest BCUT2D eigenvalue weighted by Gasteiger charge is -2.24. The topological polar surface area (TPSA) is 70.2 Å². The van der Waals surface area contributed by atoms with Gasteiger partial charge in [0.25, 0.3) is 0 Å². The quantitative estimate of drug-likeness (QED) is 0.760. The van der Waals surface area contributed by atoms with Gasteiger partial charge in [-0.25, -0.2) is 4.79 Å². The molecule has 24 heavy (non-hydrogen) atoms. The van der Waals surface area contributed by atoms with E-state index in [1.165, 1.54) is 6.42 Å². The predicted molar refractivity (Wildman–Crippen MR) is 96.0 cm³/mol. The van der Waals surface area contributed by atoms with Crippen LogP contribution in [0.15, 0.2) is 24.3 Å². The Morgan fingerprint density at radius 3 is 2.46 bits per heavy atom. The Morgan fingerprint density at radius 2 is 1.79 bits per heavy atom.